The monoisotopic (exact) mass is 680 g/mol. The van der Waals surface area contributed by atoms with E-state index in [0.717, 1.165) is 40.4 Å². The predicted molar refractivity (Wildman–Crippen MR) is 205 cm³/mol. The zero-order valence-electron chi connectivity index (χ0n) is 29.2. The third-order valence-electron chi connectivity index (χ3n) is 7.98. The summed E-state index contributed by atoms with van der Waals surface area (Å²) < 4.78 is 14.2. The van der Waals surface area contributed by atoms with Crippen molar-refractivity contribution >= 4 is 45.9 Å². The van der Waals surface area contributed by atoms with Crippen LogP contribution in [0.3, 0.4) is 0 Å². The number of anilines is 6. The second-order valence-corrected chi connectivity index (χ2v) is 11.8. The van der Waals surface area contributed by atoms with Crippen molar-refractivity contribution in [2.75, 3.05) is 33.5 Å². The van der Waals surface area contributed by atoms with Gasteiger partial charge in [0.05, 0.1) is 23.8 Å². The lowest BCUT2D eigenvalue weighted by Crippen LogP contribution is -2.17. The highest BCUT2D eigenvalue weighted by atomic mass is 19.1. The maximum absolute atomic E-state index is 14.2. The molecule has 0 unspecified atom stereocenters. The van der Waals surface area contributed by atoms with E-state index >= 15 is 0 Å². The molecule has 6 aromatic rings. The van der Waals surface area contributed by atoms with Crippen molar-refractivity contribution in [2.24, 2.45) is 0 Å². The molecule has 0 atom stereocenters. The summed E-state index contributed by atoms with van der Waals surface area (Å²) >= 11 is 0. The number of pyridine rings is 2. The number of carbonyl (C=O) groups is 2. The second kappa shape index (κ2) is 17.3. The number of benzene rings is 4. The Morgan fingerprint density at radius 1 is 0.569 bits per heavy atom. The average molecular weight is 681 g/mol. The number of nitrogens with one attached hydrogen (secondary N) is 2. The molecule has 2 N–H and O–H groups in total. The molecule has 0 fully saturated rings. The minimum atomic E-state index is -0.413. The maximum atomic E-state index is 14.2. The molecule has 0 aliphatic rings. The highest BCUT2D eigenvalue weighted by Crippen LogP contribution is 2.29. The van der Waals surface area contributed by atoms with Gasteiger partial charge in [0, 0.05) is 59.4 Å². The van der Waals surface area contributed by atoms with Crippen LogP contribution in [0.1, 0.15) is 45.7 Å². The van der Waals surface area contributed by atoms with Gasteiger partial charge in [0.15, 0.2) is 0 Å². The lowest BCUT2D eigenvalue weighted by atomic mass is 10.1. The van der Waals surface area contributed by atoms with Gasteiger partial charge >= 0.3 is 0 Å². The molecule has 258 valence electrons. The molecule has 0 aliphatic heterocycles. The fourth-order valence-electron chi connectivity index (χ4n) is 5.59. The van der Waals surface area contributed by atoms with E-state index in [1.807, 2.05) is 117 Å². The quantitative estimate of drug-likeness (QED) is 0.150. The number of aromatic nitrogens is 2. The van der Waals surface area contributed by atoms with Gasteiger partial charge < -0.3 is 20.4 Å². The minimum absolute atomic E-state index is 0.106. The third-order valence-corrected chi connectivity index (χ3v) is 7.98. The van der Waals surface area contributed by atoms with E-state index in [0.29, 0.717) is 29.0 Å². The Morgan fingerprint density at radius 3 is 1.57 bits per heavy atom. The smallest absolute Gasteiger partial charge is 0.255 e. The molecule has 0 bridgehead atoms. The van der Waals surface area contributed by atoms with Crippen LogP contribution in [0, 0.1) is 19.7 Å². The number of nitrogens with zero attached hydrogens (tertiary/aromatic N) is 4. The maximum Gasteiger partial charge on any atom is 0.255 e. The van der Waals surface area contributed by atoms with Crippen molar-refractivity contribution in [3.63, 3.8) is 0 Å². The second-order valence-electron chi connectivity index (χ2n) is 11.8. The summed E-state index contributed by atoms with van der Waals surface area (Å²) in [6.07, 6.45) is 7.01. The Kier molecular flexibility index (Phi) is 12.2. The van der Waals surface area contributed by atoms with Crippen molar-refractivity contribution < 1.29 is 14.0 Å². The number of hydrogen-bond donors (Lipinski definition) is 2. The zero-order chi connectivity index (χ0) is 36.2. The molecule has 2 amide bonds. The molecule has 0 saturated carbocycles. The first-order chi connectivity index (χ1) is 24.7. The van der Waals surface area contributed by atoms with E-state index in [1.54, 1.807) is 36.8 Å². The molecule has 51 heavy (non-hydrogen) atoms. The van der Waals surface area contributed by atoms with Crippen molar-refractivity contribution in [2.45, 2.75) is 27.7 Å². The topological polar surface area (TPSA) is 90.5 Å². The first-order valence-electron chi connectivity index (χ1n) is 16.8. The van der Waals surface area contributed by atoms with Crippen LogP contribution in [0.15, 0.2) is 140 Å². The summed E-state index contributed by atoms with van der Waals surface area (Å²) in [6.45, 7) is 9.41. The lowest BCUT2D eigenvalue weighted by Gasteiger charge is -2.23. The number of amides is 2. The largest absolute Gasteiger partial charge is 0.340 e. The zero-order valence-corrected chi connectivity index (χ0v) is 29.2. The van der Waals surface area contributed by atoms with Crippen LogP contribution in [0.25, 0.3) is 0 Å². The highest BCUT2D eigenvalue weighted by molar-refractivity contribution is 6.05. The molecule has 0 aliphatic carbocycles. The van der Waals surface area contributed by atoms with Crippen LogP contribution in [-0.2, 0) is 0 Å². The summed E-state index contributed by atoms with van der Waals surface area (Å²) in [4.78, 5) is 37.3. The van der Waals surface area contributed by atoms with Crippen molar-refractivity contribution in [3.8, 4) is 0 Å². The van der Waals surface area contributed by atoms with Crippen LogP contribution in [0.2, 0.25) is 0 Å². The van der Waals surface area contributed by atoms with Gasteiger partial charge in [-0.05, 0) is 113 Å². The molecule has 2 aromatic heterocycles. The van der Waals surface area contributed by atoms with Gasteiger partial charge in [-0.2, -0.15) is 0 Å². The Hall–Kier alpha value is -6.35. The number of carbonyl (C=O) groups excluding carboxylic acids is 2. The number of halogens is 1. The molecular formula is C42H41FN6O2. The van der Waals surface area contributed by atoms with Crippen molar-refractivity contribution in [3.05, 3.63) is 168 Å². The normalized spacial score (nSPS) is 10.4. The molecule has 0 spiro atoms. The summed E-state index contributed by atoms with van der Waals surface area (Å²) in [5.41, 5.74) is 7.98. The average Bonchev–Trinajstić information content (AvgIpc) is 3.13. The summed E-state index contributed by atoms with van der Waals surface area (Å²) in [7, 11) is 0. The SMILES string of the molecule is CCN(c1cccnc1)c1cc(F)cc(NC(=O)c2cccc(C)c2)c1.CCN(c1cccnc1)c1cccc(NC(=O)c2cccc(C)c2)c1. The third kappa shape index (κ3) is 9.86. The van der Waals surface area contributed by atoms with Gasteiger partial charge in [-0.3, -0.25) is 19.6 Å². The van der Waals surface area contributed by atoms with Crippen LogP contribution in [-0.4, -0.2) is 34.9 Å². The molecule has 4 aromatic carbocycles. The molecule has 8 nitrogen and oxygen atoms in total. The van der Waals surface area contributed by atoms with Crippen LogP contribution < -0.4 is 20.4 Å². The van der Waals surface area contributed by atoms with E-state index in [9.17, 15) is 14.0 Å². The van der Waals surface area contributed by atoms with Crippen LogP contribution in [0.4, 0.5) is 38.5 Å². The Balaban J connectivity index is 0.000000198. The Labute approximate surface area is 298 Å². The van der Waals surface area contributed by atoms with E-state index in [2.05, 4.69) is 32.4 Å². The van der Waals surface area contributed by atoms with Crippen molar-refractivity contribution in [1.82, 2.24) is 9.97 Å². The molecule has 0 radical (unpaired) electrons. The van der Waals surface area contributed by atoms with Gasteiger partial charge in [0.1, 0.15) is 5.82 Å². The standard InChI is InChI=1S/C21H20FN3O.C21H21N3O/c1-3-25(19-8-5-9-23-14-19)20-12-17(22)11-18(13-20)24-21(26)16-7-4-6-15(2)10-16;1-3-24(20-11-6-12-22-15-20)19-10-5-9-18(14-19)23-21(25)17-8-4-7-16(2)13-17/h4-14H,3H2,1-2H3,(H,24,26);4-15H,3H2,1-2H3,(H,23,25). The predicted octanol–water partition coefficient (Wildman–Crippen LogP) is 9.74. The van der Waals surface area contributed by atoms with Gasteiger partial charge in [0.2, 0.25) is 0 Å². The first-order valence-corrected chi connectivity index (χ1v) is 16.8. The van der Waals surface area contributed by atoms with Crippen LogP contribution >= 0.6 is 0 Å². The summed E-state index contributed by atoms with van der Waals surface area (Å²) in [5.74, 6) is -0.788. The lowest BCUT2D eigenvalue weighted by molar-refractivity contribution is 0.101. The number of rotatable bonds is 10. The fourth-order valence-corrected chi connectivity index (χ4v) is 5.59. The van der Waals surface area contributed by atoms with Crippen LogP contribution in [0.5, 0.6) is 0 Å². The van der Waals surface area contributed by atoms with Gasteiger partial charge in [0.25, 0.3) is 11.8 Å². The van der Waals surface area contributed by atoms with Gasteiger partial charge in [-0.1, -0.05) is 41.5 Å². The summed E-state index contributed by atoms with van der Waals surface area (Å²) in [5, 5.41) is 5.75. The fraction of sp³-hybridized carbons (Fsp3) is 0.143. The van der Waals surface area contributed by atoms with Crippen molar-refractivity contribution in [1.29, 1.82) is 0 Å². The van der Waals surface area contributed by atoms with E-state index in [4.69, 9.17) is 0 Å². The molecule has 6 rings (SSSR count). The Bertz CT molecular complexity index is 2070. The van der Waals surface area contributed by atoms with E-state index in [1.165, 1.54) is 12.1 Å². The molecular weight excluding hydrogens is 640 g/mol. The van der Waals surface area contributed by atoms with E-state index < -0.39 is 5.82 Å². The molecule has 2 heterocycles. The van der Waals surface area contributed by atoms with E-state index in [-0.39, 0.29) is 11.8 Å². The number of aryl methyl sites for hydroxylation is 2. The highest BCUT2D eigenvalue weighted by Gasteiger charge is 2.13. The summed E-state index contributed by atoms with van der Waals surface area (Å²) in [6, 6.07) is 34.9. The van der Waals surface area contributed by atoms with Gasteiger partial charge in [-0.25, -0.2) is 4.39 Å². The molecule has 9 heteroatoms. The first kappa shape index (κ1) is 35.9. The number of hydrogen-bond acceptors (Lipinski definition) is 6. The molecule has 0 saturated heterocycles. The minimum Gasteiger partial charge on any atom is -0.340 e. The van der Waals surface area contributed by atoms with Gasteiger partial charge in [-0.15, -0.1) is 0 Å². The Morgan fingerprint density at radius 2 is 1.06 bits per heavy atom.